The zero-order valence-electron chi connectivity index (χ0n) is 6.66. The van der Waals surface area contributed by atoms with E-state index in [1.54, 1.807) is 0 Å². The van der Waals surface area contributed by atoms with E-state index in [1.807, 2.05) is 17.5 Å². The molecule has 12 heavy (non-hydrogen) atoms. The molecule has 2 aromatic heterocycles. The van der Waals surface area contributed by atoms with Crippen LogP contribution in [0, 0.1) is 6.92 Å². The van der Waals surface area contributed by atoms with Crippen LogP contribution in [0.15, 0.2) is 18.3 Å². The molecule has 0 bridgehead atoms. The largest absolute Gasteiger partial charge is 0.287 e. The lowest BCUT2D eigenvalue weighted by molar-refractivity contribution is 1.01. The summed E-state index contributed by atoms with van der Waals surface area (Å²) in [5, 5.41) is 8.02. The van der Waals surface area contributed by atoms with Gasteiger partial charge in [-0.3, -0.25) is 4.40 Å². The maximum Gasteiger partial charge on any atom is 0.161 e. The molecule has 0 aliphatic carbocycles. The minimum atomic E-state index is 0.932. The Morgan fingerprint density at radius 2 is 2.33 bits per heavy atom. The Morgan fingerprint density at radius 1 is 1.50 bits per heavy atom. The molecule has 0 saturated carbocycles. The van der Waals surface area contributed by atoms with Crippen LogP contribution in [0.25, 0.3) is 5.65 Å². The summed E-state index contributed by atoms with van der Waals surface area (Å²) in [5.74, 6) is 0.935. The summed E-state index contributed by atoms with van der Waals surface area (Å²) in [5.41, 5.74) is 2.22. The first-order valence-corrected chi connectivity index (χ1v) is 5.20. The number of rotatable bonds is 1. The van der Waals surface area contributed by atoms with E-state index in [2.05, 4.69) is 44.9 Å². The van der Waals surface area contributed by atoms with Crippen molar-refractivity contribution >= 4 is 28.2 Å². The molecule has 0 saturated heterocycles. The van der Waals surface area contributed by atoms with Gasteiger partial charge >= 0.3 is 0 Å². The molecule has 0 spiro atoms. The lowest BCUT2D eigenvalue weighted by Gasteiger charge is -1.96. The highest BCUT2D eigenvalue weighted by atomic mass is 127. The fourth-order valence-corrected chi connectivity index (χ4v) is 1.61. The van der Waals surface area contributed by atoms with Crippen LogP contribution < -0.4 is 0 Å². The summed E-state index contributed by atoms with van der Waals surface area (Å²) in [7, 11) is 0. The van der Waals surface area contributed by atoms with E-state index in [9.17, 15) is 0 Å². The smallest absolute Gasteiger partial charge is 0.161 e. The van der Waals surface area contributed by atoms with Crippen LogP contribution in [0.4, 0.5) is 0 Å². The fraction of sp³-hybridized carbons (Fsp3) is 0.250. The third-order valence-electron chi connectivity index (χ3n) is 1.80. The molecule has 2 rings (SSSR count). The van der Waals surface area contributed by atoms with Gasteiger partial charge < -0.3 is 0 Å². The number of fused-ring (bicyclic) bond motifs is 1. The van der Waals surface area contributed by atoms with Gasteiger partial charge in [-0.05, 0) is 24.6 Å². The Morgan fingerprint density at radius 3 is 3.08 bits per heavy atom. The summed E-state index contributed by atoms with van der Waals surface area (Å²) < 4.78 is 3.00. The van der Waals surface area contributed by atoms with Gasteiger partial charge in [-0.15, -0.1) is 10.2 Å². The first kappa shape index (κ1) is 7.97. The second-order valence-electron chi connectivity index (χ2n) is 2.64. The monoisotopic (exact) mass is 273 g/mol. The highest BCUT2D eigenvalue weighted by molar-refractivity contribution is 14.1. The maximum atomic E-state index is 4.04. The van der Waals surface area contributed by atoms with Crippen molar-refractivity contribution in [2.45, 2.75) is 11.4 Å². The number of aromatic nitrogens is 3. The summed E-state index contributed by atoms with van der Waals surface area (Å²) in [6, 6.07) is 4.15. The highest BCUT2D eigenvalue weighted by Crippen LogP contribution is 2.09. The molecular formula is C8H8IN3. The molecule has 62 valence electrons. The van der Waals surface area contributed by atoms with Crippen molar-refractivity contribution in [2.24, 2.45) is 0 Å². The molecule has 0 aliphatic rings. The maximum absolute atomic E-state index is 4.04. The van der Waals surface area contributed by atoms with Gasteiger partial charge in [0.1, 0.15) is 5.82 Å². The van der Waals surface area contributed by atoms with Gasteiger partial charge in [0, 0.05) is 10.6 Å². The van der Waals surface area contributed by atoms with Crippen LogP contribution in [-0.4, -0.2) is 14.6 Å². The normalized spacial score (nSPS) is 10.8. The minimum absolute atomic E-state index is 0.932. The summed E-state index contributed by atoms with van der Waals surface area (Å²) in [6.45, 7) is 1.95. The van der Waals surface area contributed by atoms with Crippen molar-refractivity contribution in [1.29, 1.82) is 0 Å². The predicted octanol–water partition coefficient (Wildman–Crippen LogP) is 1.97. The number of halogens is 1. The van der Waals surface area contributed by atoms with E-state index in [0.717, 1.165) is 15.9 Å². The van der Waals surface area contributed by atoms with E-state index in [4.69, 9.17) is 0 Å². The number of aryl methyl sites for hydroxylation is 1. The summed E-state index contributed by atoms with van der Waals surface area (Å²) >= 11 is 2.34. The fourth-order valence-electron chi connectivity index (χ4n) is 1.14. The van der Waals surface area contributed by atoms with Gasteiger partial charge in [-0.2, -0.15) is 0 Å². The van der Waals surface area contributed by atoms with Crippen LogP contribution in [0.3, 0.4) is 0 Å². The summed E-state index contributed by atoms with van der Waals surface area (Å²) in [6.07, 6.45) is 2.01. The molecule has 0 amide bonds. The second kappa shape index (κ2) is 3.01. The van der Waals surface area contributed by atoms with Gasteiger partial charge in [0.15, 0.2) is 5.65 Å². The van der Waals surface area contributed by atoms with E-state index in [1.165, 1.54) is 5.56 Å². The van der Waals surface area contributed by atoms with E-state index in [-0.39, 0.29) is 0 Å². The van der Waals surface area contributed by atoms with Crippen molar-refractivity contribution in [3.8, 4) is 0 Å². The Bertz CT molecular complexity index is 408. The molecule has 2 heterocycles. The molecule has 0 unspecified atom stereocenters. The average Bonchev–Trinajstić information content (AvgIpc) is 2.47. The molecule has 0 atom stereocenters. The number of pyridine rings is 1. The summed E-state index contributed by atoms with van der Waals surface area (Å²) in [4.78, 5) is 0. The van der Waals surface area contributed by atoms with Crippen LogP contribution in [0.1, 0.15) is 11.4 Å². The van der Waals surface area contributed by atoms with Crippen molar-refractivity contribution < 1.29 is 0 Å². The molecule has 2 aromatic rings. The van der Waals surface area contributed by atoms with Crippen molar-refractivity contribution in [3.63, 3.8) is 0 Å². The number of hydrogen-bond donors (Lipinski definition) is 0. The molecule has 0 radical (unpaired) electrons. The zero-order valence-corrected chi connectivity index (χ0v) is 8.82. The van der Waals surface area contributed by atoms with Gasteiger partial charge in [-0.25, -0.2) is 0 Å². The van der Waals surface area contributed by atoms with Gasteiger partial charge in [0.25, 0.3) is 0 Å². The number of nitrogens with zero attached hydrogens (tertiary/aromatic N) is 3. The molecule has 0 fully saturated rings. The molecule has 4 heteroatoms. The predicted molar refractivity (Wildman–Crippen MR) is 55.4 cm³/mol. The Labute approximate surface area is 83.9 Å². The van der Waals surface area contributed by atoms with Crippen LogP contribution in [0.2, 0.25) is 0 Å². The van der Waals surface area contributed by atoms with Crippen LogP contribution >= 0.6 is 22.6 Å². The third-order valence-corrected chi connectivity index (χ3v) is 2.68. The Hall–Kier alpha value is -0.650. The zero-order chi connectivity index (χ0) is 8.55. The lowest BCUT2D eigenvalue weighted by Crippen LogP contribution is -1.88. The topological polar surface area (TPSA) is 30.2 Å². The van der Waals surface area contributed by atoms with E-state index >= 15 is 0 Å². The molecular weight excluding hydrogens is 265 g/mol. The second-order valence-corrected chi connectivity index (χ2v) is 3.41. The van der Waals surface area contributed by atoms with Crippen molar-refractivity contribution in [1.82, 2.24) is 14.6 Å². The first-order chi connectivity index (χ1) is 5.81. The van der Waals surface area contributed by atoms with Gasteiger partial charge in [0.2, 0.25) is 0 Å². The van der Waals surface area contributed by atoms with Crippen molar-refractivity contribution in [2.75, 3.05) is 0 Å². The standard InChI is InChI=1S/C8H8IN3/c1-6-10-11-8-4-7(5-9)2-3-12(6)8/h2-4H,5H2,1H3. The minimum Gasteiger partial charge on any atom is -0.287 e. The van der Waals surface area contributed by atoms with Gasteiger partial charge in [-0.1, -0.05) is 22.6 Å². The lowest BCUT2D eigenvalue weighted by atomic mass is 10.3. The number of hydrogen-bond acceptors (Lipinski definition) is 2. The Kier molecular flexibility index (Phi) is 2.00. The molecule has 0 N–H and O–H groups in total. The number of alkyl halides is 1. The molecule has 0 aromatic carbocycles. The van der Waals surface area contributed by atoms with E-state index in [0.29, 0.717) is 0 Å². The quantitative estimate of drug-likeness (QED) is 0.587. The molecule has 0 aliphatic heterocycles. The first-order valence-electron chi connectivity index (χ1n) is 3.67. The highest BCUT2D eigenvalue weighted by Gasteiger charge is 1.99. The van der Waals surface area contributed by atoms with Crippen molar-refractivity contribution in [3.05, 3.63) is 29.7 Å². The van der Waals surface area contributed by atoms with Crippen LogP contribution in [-0.2, 0) is 4.43 Å². The SMILES string of the molecule is Cc1nnc2cc(CI)ccn12. The van der Waals surface area contributed by atoms with E-state index < -0.39 is 0 Å². The van der Waals surface area contributed by atoms with Crippen LogP contribution in [0.5, 0.6) is 0 Å². The Balaban J connectivity index is 2.69. The van der Waals surface area contributed by atoms with Gasteiger partial charge in [0.05, 0.1) is 0 Å². The third kappa shape index (κ3) is 1.20. The average molecular weight is 273 g/mol. The molecule has 3 nitrogen and oxygen atoms in total.